The maximum absolute atomic E-state index is 13.3. The summed E-state index contributed by atoms with van der Waals surface area (Å²) in [6.45, 7) is 0.460. The zero-order chi connectivity index (χ0) is 16.4. The Bertz CT molecular complexity index is 784. The summed E-state index contributed by atoms with van der Waals surface area (Å²) in [5, 5.41) is 10.1. The van der Waals surface area contributed by atoms with E-state index in [-0.39, 0.29) is 18.1 Å². The van der Waals surface area contributed by atoms with Crippen LogP contribution in [0.3, 0.4) is 0 Å². The number of hydrogen-bond donors (Lipinski definition) is 1. The summed E-state index contributed by atoms with van der Waals surface area (Å²) in [5.74, 6) is -0.454. The third kappa shape index (κ3) is 3.95. The molecule has 122 valence electrons. The van der Waals surface area contributed by atoms with Crippen LogP contribution in [0.15, 0.2) is 23.0 Å². The maximum Gasteiger partial charge on any atom is 0.364 e. The van der Waals surface area contributed by atoms with Crippen molar-refractivity contribution in [3.63, 3.8) is 0 Å². The number of nitrogens with one attached hydrogen (secondary N) is 1. The van der Waals surface area contributed by atoms with Crippen molar-refractivity contribution < 1.29 is 9.18 Å². The third-order valence-corrected chi connectivity index (χ3v) is 3.90. The zero-order valence-corrected chi connectivity index (χ0v) is 13.0. The molecule has 1 aromatic carbocycles. The molecule has 1 aliphatic carbocycles. The molecule has 1 amide bonds. The fraction of sp³-hybridized carbons (Fsp3) is 0.429. The van der Waals surface area contributed by atoms with Gasteiger partial charge in [0.05, 0.1) is 11.6 Å². The summed E-state index contributed by atoms with van der Waals surface area (Å²) in [6, 6.07) is 4.29. The number of nitrogens with zero attached hydrogens (tertiary/aromatic N) is 4. The van der Waals surface area contributed by atoms with Gasteiger partial charge in [-0.2, -0.15) is 9.36 Å². The molecule has 1 aromatic heterocycles. The zero-order valence-electron chi connectivity index (χ0n) is 12.2. The van der Waals surface area contributed by atoms with E-state index in [0.717, 1.165) is 17.5 Å². The van der Waals surface area contributed by atoms with Crippen molar-refractivity contribution in [2.75, 3.05) is 0 Å². The van der Waals surface area contributed by atoms with Gasteiger partial charge in [0.1, 0.15) is 12.4 Å². The van der Waals surface area contributed by atoms with E-state index in [2.05, 4.69) is 15.7 Å². The van der Waals surface area contributed by atoms with E-state index in [1.165, 1.54) is 16.8 Å². The first-order valence-electron chi connectivity index (χ1n) is 7.24. The first-order chi connectivity index (χ1) is 11.0. The van der Waals surface area contributed by atoms with Crippen molar-refractivity contribution in [2.45, 2.75) is 32.5 Å². The smallest absolute Gasteiger partial charge is 0.350 e. The number of amides is 1. The van der Waals surface area contributed by atoms with Crippen molar-refractivity contribution in [1.29, 1.82) is 0 Å². The van der Waals surface area contributed by atoms with E-state index in [1.807, 2.05) is 0 Å². The summed E-state index contributed by atoms with van der Waals surface area (Å²) in [7, 11) is 0. The summed E-state index contributed by atoms with van der Waals surface area (Å²) < 4.78 is 15.6. The standard InChI is InChI=1S/C14H15ClFN5O2/c15-11-4-3-10(5-12(11)16)6-17-13(22)8-21-14(23)20(18-19-21)7-9-1-2-9/h3-5,9H,1-2,6-8H2,(H,17,22). The normalized spacial score (nSPS) is 14.0. The van der Waals surface area contributed by atoms with Gasteiger partial charge in [-0.05, 0) is 46.9 Å². The molecule has 1 heterocycles. The first-order valence-corrected chi connectivity index (χ1v) is 7.62. The second-order valence-corrected chi connectivity index (χ2v) is 5.98. The second kappa shape index (κ2) is 6.49. The average molecular weight is 340 g/mol. The molecule has 1 saturated carbocycles. The molecular formula is C14H15ClFN5O2. The molecule has 1 N–H and O–H groups in total. The molecule has 1 fully saturated rings. The predicted molar refractivity (Wildman–Crippen MR) is 80.3 cm³/mol. The number of carbonyl (C=O) groups is 1. The fourth-order valence-corrected chi connectivity index (χ4v) is 2.22. The van der Waals surface area contributed by atoms with Crippen molar-refractivity contribution in [1.82, 2.24) is 25.1 Å². The van der Waals surface area contributed by atoms with Crippen LogP contribution in [0.5, 0.6) is 0 Å². The Balaban J connectivity index is 1.55. The monoisotopic (exact) mass is 339 g/mol. The van der Waals surface area contributed by atoms with Crippen LogP contribution < -0.4 is 11.0 Å². The van der Waals surface area contributed by atoms with E-state index in [4.69, 9.17) is 11.6 Å². The summed E-state index contributed by atoms with van der Waals surface area (Å²) in [6.07, 6.45) is 2.19. The van der Waals surface area contributed by atoms with E-state index < -0.39 is 17.4 Å². The Kier molecular flexibility index (Phi) is 4.42. The highest BCUT2D eigenvalue weighted by Crippen LogP contribution is 2.29. The summed E-state index contributed by atoms with van der Waals surface area (Å²) in [4.78, 5) is 23.8. The van der Waals surface area contributed by atoms with E-state index in [0.29, 0.717) is 18.0 Å². The van der Waals surface area contributed by atoms with Gasteiger partial charge in [-0.15, -0.1) is 0 Å². The summed E-state index contributed by atoms with van der Waals surface area (Å²) >= 11 is 5.59. The number of carbonyl (C=O) groups excluding carboxylic acids is 1. The molecular weight excluding hydrogens is 325 g/mol. The number of tetrazole rings is 1. The average Bonchev–Trinajstić information content (AvgIpc) is 3.28. The molecule has 1 aliphatic rings. The van der Waals surface area contributed by atoms with Crippen molar-refractivity contribution in [3.8, 4) is 0 Å². The Morgan fingerprint density at radius 3 is 2.78 bits per heavy atom. The Morgan fingerprint density at radius 2 is 2.09 bits per heavy atom. The molecule has 23 heavy (non-hydrogen) atoms. The number of halogens is 2. The Morgan fingerprint density at radius 1 is 1.35 bits per heavy atom. The van der Waals surface area contributed by atoms with Crippen LogP contribution in [0.1, 0.15) is 18.4 Å². The largest absolute Gasteiger partial charge is 0.364 e. The quantitative estimate of drug-likeness (QED) is 0.850. The van der Waals surface area contributed by atoms with Crippen molar-refractivity contribution >= 4 is 17.5 Å². The van der Waals surface area contributed by atoms with Gasteiger partial charge in [-0.1, -0.05) is 17.7 Å². The Labute approximate surface area is 136 Å². The SMILES string of the molecule is O=C(Cn1nnn(CC2CC2)c1=O)NCc1ccc(Cl)c(F)c1. The van der Waals surface area contributed by atoms with E-state index in [1.54, 1.807) is 6.07 Å². The van der Waals surface area contributed by atoms with Gasteiger partial charge in [-0.3, -0.25) is 4.79 Å². The van der Waals surface area contributed by atoms with Crippen LogP contribution in [-0.2, 0) is 24.4 Å². The third-order valence-electron chi connectivity index (χ3n) is 3.59. The van der Waals surface area contributed by atoms with Crippen molar-refractivity contribution in [3.05, 3.63) is 45.1 Å². The van der Waals surface area contributed by atoms with Crippen LogP contribution in [-0.4, -0.2) is 25.7 Å². The Hall–Kier alpha value is -2.22. The van der Waals surface area contributed by atoms with Crippen LogP contribution in [0.4, 0.5) is 4.39 Å². The van der Waals surface area contributed by atoms with Gasteiger partial charge in [0.25, 0.3) is 0 Å². The van der Waals surface area contributed by atoms with Gasteiger partial charge in [0, 0.05) is 6.54 Å². The minimum Gasteiger partial charge on any atom is -0.350 e. The van der Waals surface area contributed by atoms with Gasteiger partial charge >= 0.3 is 5.69 Å². The molecule has 2 aromatic rings. The lowest BCUT2D eigenvalue weighted by Gasteiger charge is -2.05. The molecule has 0 saturated heterocycles. The molecule has 0 radical (unpaired) electrons. The van der Waals surface area contributed by atoms with Gasteiger partial charge in [0.2, 0.25) is 5.91 Å². The van der Waals surface area contributed by atoms with Crippen LogP contribution in [0.25, 0.3) is 0 Å². The second-order valence-electron chi connectivity index (χ2n) is 5.57. The highest BCUT2D eigenvalue weighted by molar-refractivity contribution is 6.30. The van der Waals surface area contributed by atoms with E-state index >= 15 is 0 Å². The van der Waals surface area contributed by atoms with E-state index in [9.17, 15) is 14.0 Å². The molecule has 3 rings (SSSR count). The minimum atomic E-state index is -0.544. The minimum absolute atomic E-state index is 0.0268. The molecule has 0 atom stereocenters. The lowest BCUT2D eigenvalue weighted by atomic mass is 10.2. The number of rotatable bonds is 6. The fourth-order valence-electron chi connectivity index (χ4n) is 2.11. The number of hydrogen-bond acceptors (Lipinski definition) is 4. The lowest BCUT2D eigenvalue weighted by Crippen LogP contribution is -2.33. The van der Waals surface area contributed by atoms with Crippen molar-refractivity contribution in [2.24, 2.45) is 5.92 Å². The predicted octanol–water partition coefficient (Wildman–Crippen LogP) is 0.959. The molecule has 0 bridgehead atoms. The molecule has 7 nitrogen and oxygen atoms in total. The first kappa shape index (κ1) is 15.7. The lowest BCUT2D eigenvalue weighted by molar-refractivity contribution is -0.122. The van der Waals surface area contributed by atoms with Gasteiger partial charge in [-0.25, -0.2) is 9.18 Å². The highest BCUT2D eigenvalue weighted by Gasteiger charge is 2.24. The maximum atomic E-state index is 13.3. The van der Waals surface area contributed by atoms with Gasteiger partial charge < -0.3 is 5.32 Å². The number of benzene rings is 1. The highest BCUT2D eigenvalue weighted by atomic mass is 35.5. The molecule has 9 heteroatoms. The van der Waals surface area contributed by atoms with Gasteiger partial charge in [0.15, 0.2) is 0 Å². The molecule has 0 aliphatic heterocycles. The summed E-state index contributed by atoms with van der Waals surface area (Å²) in [5.41, 5.74) is 0.176. The van der Waals surface area contributed by atoms with Crippen LogP contribution >= 0.6 is 11.6 Å². The van der Waals surface area contributed by atoms with Crippen LogP contribution in [0, 0.1) is 11.7 Å². The molecule has 0 unspecified atom stereocenters. The van der Waals surface area contributed by atoms with Crippen LogP contribution in [0.2, 0.25) is 5.02 Å². The molecule has 0 spiro atoms. The number of aromatic nitrogens is 4. The topological polar surface area (TPSA) is 81.8 Å².